The van der Waals surface area contributed by atoms with Crippen LogP contribution in [0.15, 0.2) is 42.7 Å². The number of piperazine rings is 1. The monoisotopic (exact) mass is 469 g/mol. The fourth-order valence-electron chi connectivity index (χ4n) is 4.25. The van der Waals surface area contributed by atoms with E-state index in [9.17, 15) is 18.4 Å². The molecular weight excluding hydrogens is 440 g/mol. The van der Waals surface area contributed by atoms with Gasteiger partial charge in [-0.25, -0.2) is 13.8 Å². The summed E-state index contributed by atoms with van der Waals surface area (Å²) in [6.45, 7) is 7.19. The van der Waals surface area contributed by atoms with Gasteiger partial charge in [-0.3, -0.25) is 9.59 Å². The number of carbonyl (C=O) groups is 2. The molecule has 34 heavy (non-hydrogen) atoms. The Morgan fingerprint density at radius 1 is 1.03 bits per heavy atom. The minimum Gasteiger partial charge on any atom is -0.350 e. The number of hydrogen-bond donors (Lipinski definition) is 1. The molecule has 0 saturated carbocycles. The van der Waals surface area contributed by atoms with E-state index >= 15 is 0 Å². The zero-order chi connectivity index (χ0) is 24.4. The smallest absolute Gasteiger partial charge is 0.253 e. The van der Waals surface area contributed by atoms with Crippen LogP contribution in [-0.4, -0.2) is 64.4 Å². The highest BCUT2D eigenvalue weighted by Crippen LogP contribution is 2.25. The van der Waals surface area contributed by atoms with Gasteiger partial charge in [0.05, 0.1) is 17.4 Å². The van der Waals surface area contributed by atoms with Gasteiger partial charge in [-0.1, -0.05) is 26.0 Å². The first-order valence-electron chi connectivity index (χ1n) is 11.4. The number of aromatic nitrogens is 2. The third-order valence-corrected chi connectivity index (χ3v) is 6.27. The van der Waals surface area contributed by atoms with Crippen LogP contribution in [0.5, 0.6) is 0 Å². The second kappa shape index (κ2) is 9.89. The topological polar surface area (TPSA) is 70.5 Å². The molecule has 1 fully saturated rings. The number of benzene rings is 2. The summed E-state index contributed by atoms with van der Waals surface area (Å²) in [6, 6.07) is 8.67. The molecule has 1 N–H and O–H groups in total. The summed E-state index contributed by atoms with van der Waals surface area (Å²) in [4.78, 5) is 34.0. The number of amides is 2. The van der Waals surface area contributed by atoms with Crippen molar-refractivity contribution < 1.29 is 18.4 Å². The Bertz CT molecular complexity index is 1180. The van der Waals surface area contributed by atoms with Crippen LogP contribution >= 0.6 is 0 Å². The number of imidazole rings is 1. The lowest BCUT2D eigenvalue weighted by atomic mass is 10.0. The minimum atomic E-state index is -0.983. The second-order valence-corrected chi connectivity index (χ2v) is 9.11. The van der Waals surface area contributed by atoms with Gasteiger partial charge in [0.25, 0.3) is 5.91 Å². The van der Waals surface area contributed by atoms with Crippen LogP contribution < -0.4 is 5.32 Å². The highest BCUT2D eigenvalue weighted by atomic mass is 19.2. The number of carbonyl (C=O) groups excluding carboxylic acids is 2. The maximum atomic E-state index is 13.8. The molecule has 1 aromatic heterocycles. The first kappa shape index (κ1) is 23.8. The van der Waals surface area contributed by atoms with Crippen molar-refractivity contribution in [1.29, 1.82) is 0 Å². The van der Waals surface area contributed by atoms with Gasteiger partial charge in [-0.15, -0.1) is 0 Å². The quantitative estimate of drug-likeness (QED) is 0.602. The minimum absolute atomic E-state index is 0.0132. The predicted molar refractivity (Wildman–Crippen MR) is 125 cm³/mol. The molecule has 1 atom stereocenters. The summed E-state index contributed by atoms with van der Waals surface area (Å²) in [5.74, 6) is -2.31. The predicted octanol–water partition coefficient (Wildman–Crippen LogP) is 3.22. The van der Waals surface area contributed by atoms with E-state index in [1.165, 1.54) is 6.33 Å². The number of fused-ring (bicyclic) bond motifs is 1. The molecule has 1 unspecified atom stereocenters. The molecule has 1 aliphatic rings. The van der Waals surface area contributed by atoms with Crippen molar-refractivity contribution in [2.75, 3.05) is 33.2 Å². The van der Waals surface area contributed by atoms with Crippen molar-refractivity contribution in [1.82, 2.24) is 24.7 Å². The number of likely N-dealkylation sites (N-methyl/N-ethyl adjacent to an activating group) is 1. The number of halogens is 2. The van der Waals surface area contributed by atoms with Gasteiger partial charge in [-0.2, -0.15) is 0 Å². The van der Waals surface area contributed by atoms with E-state index in [-0.39, 0.29) is 29.8 Å². The maximum absolute atomic E-state index is 13.8. The lowest BCUT2D eigenvalue weighted by Gasteiger charge is -2.32. The molecular formula is C25H29F2N5O2. The summed E-state index contributed by atoms with van der Waals surface area (Å²) in [5.41, 5.74) is 2.13. The molecule has 1 aliphatic heterocycles. The summed E-state index contributed by atoms with van der Waals surface area (Å²) >= 11 is 0. The fourth-order valence-corrected chi connectivity index (χ4v) is 4.25. The number of rotatable bonds is 6. The third-order valence-electron chi connectivity index (χ3n) is 6.27. The molecule has 4 rings (SSSR count). The number of nitrogens with one attached hydrogen (secondary N) is 1. The van der Waals surface area contributed by atoms with Crippen molar-refractivity contribution in [3.63, 3.8) is 0 Å². The Kier molecular flexibility index (Phi) is 6.92. The molecule has 3 aromatic rings. The van der Waals surface area contributed by atoms with Gasteiger partial charge >= 0.3 is 0 Å². The van der Waals surface area contributed by atoms with Gasteiger partial charge in [0, 0.05) is 50.4 Å². The molecule has 0 radical (unpaired) electrons. The first-order valence-corrected chi connectivity index (χ1v) is 11.4. The number of hydrogen-bond acceptors (Lipinski definition) is 4. The van der Waals surface area contributed by atoms with E-state index in [2.05, 4.69) is 15.2 Å². The molecule has 2 amide bonds. The normalized spacial score (nSPS) is 15.6. The van der Waals surface area contributed by atoms with Gasteiger partial charge in [0.15, 0.2) is 11.6 Å². The summed E-state index contributed by atoms with van der Waals surface area (Å²) in [7, 11) is 2.04. The number of nitrogens with zero attached hydrogens (tertiary/aromatic N) is 4. The Balaban J connectivity index is 1.43. The highest BCUT2D eigenvalue weighted by Gasteiger charge is 2.26. The molecule has 0 aliphatic carbocycles. The van der Waals surface area contributed by atoms with Crippen LogP contribution in [0.3, 0.4) is 0 Å². The van der Waals surface area contributed by atoms with Gasteiger partial charge < -0.3 is 19.7 Å². The van der Waals surface area contributed by atoms with E-state index < -0.39 is 17.7 Å². The lowest BCUT2D eigenvalue weighted by Crippen LogP contribution is -2.47. The van der Waals surface area contributed by atoms with Crippen molar-refractivity contribution in [2.45, 2.75) is 26.4 Å². The van der Waals surface area contributed by atoms with Gasteiger partial charge in [-0.05, 0) is 30.7 Å². The summed E-state index contributed by atoms with van der Waals surface area (Å²) in [6.07, 6.45) is 1.44. The SMILES string of the molecule is CC(C)C(C(=O)NCc1ccc(C(=O)N2CCN(C)CC2)cc1)n1cnc2cc(F)c(F)cc21. The highest BCUT2D eigenvalue weighted by molar-refractivity contribution is 5.94. The second-order valence-electron chi connectivity index (χ2n) is 9.11. The molecule has 9 heteroatoms. The van der Waals surface area contributed by atoms with Crippen molar-refractivity contribution in [3.8, 4) is 0 Å². The molecule has 0 bridgehead atoms. The Morgan fingerprint density at radius 3 is 2.32 bits per heavy atom. The van der Waals surface area contributed by atoms with Crippen LogP contribution in [0.4, 0.5) is 8.78 Å². The largest absolute Gasteiger partial charge is 0.350 e. The van der Waals surface area contributed by atoms with Crippen molar-refractivity contribution in [3.05, 3.63) is 65.5 Å². The third kappa shape index (κ3) is 4.94. The molecule has 1 saturated heterocycles. The fraction of sp³-hybridized carbons (Fsp3) is 0.400. The van der Waals surface area contributed by atoms with Crippen LogP contribution in [0.25, 0.3) is 11.0 Å². The average Bonchev–Trinajstić information content (AvgIpc) is 3.20. The molecule has 0 spiro atoms. The van der Waals surface area contributed by atoms with E-state index in [1.54, 1.807) is 16.7 Å². The van der Waals surface area contributed by atoms with Gasteiger partial charge in [0.1, 0.15) is 6.04 Å². The zero-order valence-electron chi connectivity index (χ0n) is 19.6. The van der Waals surface area contributed by atoms with Crippen LogP contribution in [0.2, 0.25) is 0 Å². The first-order chi connectivity index (χ1) is 16.2. The van der Waals surface area contributed by atoms with Crippen molar-refractivity contribution in [2.24, 2.45) is 5.92 Å². The van der Waals surface area contributed by atoms with Crippen LogP contribution in [0.1, 0.15) is 35.8 Å². The summed E-state index contributed by atoms with van der Waals surface area (Å²) in [5, 5.41) is 2.92. The standard InChI is InChI=1S/C25H29F2N5O2/c1-16(2)23(32-15-29-21-12-19(26)20(27)13-22(21)32)24(33)28-14-17-4-6-18(7-5-17)25(34)31-10-8-30(3)9-11-31/h4-7,12-13,15-16,23H,8-11,14H2,1-3H3,(H,28,33). The van der Waals surface area contributed by atoms with Gasteiger partial charge in [0.2, 0.25) is 5.91 Å². The van der Waals surface area contributed by atoms with E-state index in [4.69, 9.17) is 0 Å². The maximum Gasteiger partial charge on any atom is 0.253 e. The summed E-state index contributed by atoms with van der Waals surface area (Å²) < 4.78 is 29.0. The Morgan fingerprint density at radius 2 is 1.68 bits per heavy atom. The molecule has 2 aromatic carbocycles. The molecule has 180 valence electrons. The zero-order valence-corrected chi connectivity index (χ0v) is 19.6. The molecule has 2 heterocycles. The van der Waals surface area contributed by atoms with Crippen LogP contribution in [0, 0.1) is 17.6 Å². The van der Waals surface area contributed by atoms with E-state index in [0.29, 0.717) is 24.2 Å². The lowest BCUT2D eigenvalue weighted by molar-refractivity contribution is -0.125. The van der Waals surface area contributed by atoms with Crippen molar-refractivity contribution >= 4 is 22.8 Å². The average molecular weight is 470 g/mol. The van der Waals surface area contributed by atoms with E-state index in [1.807, 2.05) is 37.9 Å². The van der Waals surface area contributed by atoms with Crippen LogP contribution in [-0.2, 0) is 11.3 Å². The Labute approximate surface area is 197 Å². The Hall–Kier alpha value is -3.33. The van der Waals surface area contributed by atoms with E-state index in [0.717, 1.165) is 30.8 Å². The molecule has 7 nitrogen and oxygen atoms in total.